The summed E-state index contributed by atoms with van der Waals surface area (Å²) in [6.07, 6.45) is 15.8. The van der Waals surface area contributed by atoms with Crippen LogP contribution in [0.2, 0.25) is 0 Å². The molecule has 0 aromatic rings. The summed E-state index contributed by atoms with van der Waals surface area (Å²) in [6, 6.07) is 0. The van der Waals surface area contributed by atoms with E-state index in [0.29, 0.717) is 12.8 Å². The van der Waals surface area contributed by atoms with Gasteiger partial charge in [-0.2, -0.15) is 0 Å². The molecular weight excluding hydrogens is 366 g/mol. The Hall–Kier alpha value is -1.10. The summed E-state index contributed by atoms with van der Waals surface area (Å²) in [7, 11) is 0. The van der Waals surface area contributed by atoms with E-state index in [0.717, 1.165) is 18.8 Å². The van der Waals surface area contributed by atoms with E-state index in [1.807, 2.05) is 6.92 Å². The average molecular weight is 414 g/mol. The number of hydrogen-bond donors (Lipinski definition) is 2. The lowest BCUT2D eigenvalue weighted by atomic mass is 10.0. The molecule has 0 rings (SSSR count). The average Bonchev–Trinajstić information content (AvgIpc) is 2.67. The van der Waals surface area contributed by atoms with Crippen LogP contribution in [0, 0.1) is 5.92 Å². The Labute approximate surface area is 179 Å². The van der Waals surface area contributed by atoms with Crippen LogP contribution in [0.5, 0.6) is 0 Å². The Bertz CT molecular complexity index is 410. The summed E-state index contributed by atoms with van der Waals surface area (Å²) < 4.78 is 5.04. The predicted octanol–water partition coefficient (Wildman–Crippen LogP) is 5.88. The molecule has 0 radical (unpaired) electrons. The summed E-state index contributed by atoms with van der Waals surface area (Å²) in [5, 5.41) is 11.9. The number of hydrogen-bond acceptors (Lipinski definition) is 4. The molecule has 0 saturated carbocycles. The van der Waals surface area contributed by atoms with Crippen molar-refractivity contribution < 1.29 is 19.4 Å². The van der Waals surface area contributed by atoms with Crippen LogP contribution in [0.1, 0.15) is 124 Å². The van der Waals surface area contributed by atoms with Gasteiger partial charge in [-0.3, -0.25) is 4.79 Å². The zero-order valence-corrected chi connectivity index (χ0v) is 19.5. The number of rotatable bonds is 19. The highest BCUT2D eigenvalue weighted by Crippen LogP contribution is 2.14. The Morgan fingerprint density at radius 2 is 1.24 bits per heavy atom. The fourth-order valence-electron chi connectivity index (χ4n) is 3.31. The number of aliphatic hydroxyl groups is 1. The van der Waals surface area contributed by atoms with Crippen LogP contribution >= 0.6 is 0 Å². The van der Waals surface area contributed by atoms with Crippen LogP contribution in [0.25, 0.3) is 0 Å². The van der Waals surface area contributed by atoms with Gasteiger partial charge in [0.25, 0.3) is 0 Å². The molecule has 1 amide bonds. The fraction of sp³-hybridized carbons (Fsp3) is 0.917. The number of unbranched alkanes of at least 4 members (excludes halogenated alkanes) is 11. The van der Waals surface area contributed by atoms with E-state index in [1.165, 1.54) is 77.6 Å². The van der Waals surface area contributed by atoms with Gasteiger partial charge in [-0.05, 0) is 19.3 Å². The largest absolute Gasteiger partial charge is 0.440 e. The van der Waals surface area contributed by atoms with Crippen LogP contribution < -0.4 is 5.32 Å². The van der Waals surface area contributed by atoms with Gasteiger partial charge in [0.15, 0.2) is 6.23 Å². The normalized spacial score (nSPS) is 13.3. The summed E-state index contributed by atoms with van der Waals surface area (Å²) in [4.78, 5) is 23.3. The first-order chi connectivity index (χ1) is 13.9. The highest BCUT2D eigenvalue weighted by Gasteiger charge is 2.18. The second-order valence-electron chi connectivity index (χ2n) is 8.75. The number of ether oxygens (including phenoxy) is 1. The molecule has 0 heterocycles. The van der Waals surface area contributed by atoms with E-state index in [9.17, 15) is 9.59 Å². The van der Waals surface area contributed by atoms with Crippen LogP contribution in [-0.2, 0) is 14.3 Å². The van der Waals surface area contributed by atoms with E-state index in [2.05, 4.69) is 19.2 Å². The molecule has 172 valence electrons. The van der Waals surface area contributed by atoms with E-state index in [1.54, 1.807) is 0 Å². The van der Waals surface area contributed by atoms with E-state index in [-0.39, 0.29) is 5.91 Å². The minimum absolute atomic E-state index is 0.0939. The van der Waals surface area contributed by atoms with Crippen LogP contribution in [0.4, 0.5) is 0 Å². The third kappa shape index (κ3) is 18.7. The molecule has 2 N–H and O–H groups in total. The molecule has 2 atom stereocenters. The Balaban J connectivity index is 3.45. The number of nitrogens with one attached hydrogen (secondary N) is 1. The molecule has 0 aliphatic heterocycles. The summed E-state index contributed by atoms with van der Waals surface area (Å²) in [5.74, 6) is 0.0463. The zero-order valence-electron chi connectivity index (χ0n) is 19.5. The minimum atomic E-state index is -1.17. The summed E-state index contributed by atoms with van der Waals surface area (Å²) >= 11 is 0. The molecule has 5 heteroatoms. The first-order valence-electron chi connectivity index (χ1n) is 12.0. The Morgan fingerprint density at radius 3 is 1.66 bits per heavy atom. The number of carbonyl (C=O) groups excluding carboxylic acids is 2. The molecule has 0 saturated heterocycles. The number of carbonyl (C=O) groups is 2. The molecule has 0 spiro atoms. The number of esters is 1. The first kappa shape index (κ1) is 27.9. The van der Waals surface area contributed by atoms with Crippen molar-refractivity contribution in [2.45, 2.75) is 136 Å². The topological polar surface area (TPSA) is 75.6 Å². The maximum absolute atomic E-state index is 11.9. The molecule has 0 aromatic carbocycles. The van der Waals surface area contributed by atoms with Gasteiger partial charge in [-0.25, -0.2) is 4.79 Å². The predicted molar refractivity (Wildman–Crippen MR) is 119 cm³/mol. The fourth-order valence-corrected chi connectivity index (χ4v) is 3.31. The van der Waals surface area contributed by atoms with Crippen LogP contribution in [-0.4, -0.2) is 29.3 Å². The zero-order chi connectivity index (χ0) is 21.9. The van der Waals surface area contributed by atoms with Gasteiger partial charge in [-0.1, -0.05) is 97.8 Å². The van der Waals surface area contributed by atoms with Crippen LogP contribution in [0.3, 0.4) is 0 Å². The van der Waals surface area contributed by atoms with Gasteiger partial charge in [0.1, 0.15) is 6.10 Å². The second kappa shape index (κ2) is 18.9. The Kier molecular flexibility index (Phi) is 18.2. The molecule has 0 fully saturated rings. The van der Waals surface area contributed by atoms with Gasteiger partial charge >= 0.3 is 5.97 Å². The van der Waals surface area contributed by atoms with E-state index in [4.69, 9.17) is 9.84 Å². The number of aliphatic hydroxyl groups excluding tert-OH is 1. The highest BCUT2D eigenvalue weighted by molar-refractivity contribution is 5.77. The van der Waals surface area contributed by atoms with Crippen molar-refractivity contribution in [1.29, 1.82) is 0 Å². The summed E-state index contributed by atoms with van der Waals surface area (Å²) in [6.45, 7) is 7.78. The monoisotopic (exact) mass is 413 g/mol. The van der Waals surface area contributed by atoms with Gasteiger partial charge in [0.05, 0.1) is 0 Å². The standard InChI is InChI=1S/C24H47NO4/c1-5-23(29-24(28)21(4)26)25-22(27)19-17-15-13-11-9-7-6-8-10-12-14-16-18-20(2)3/h20-21,23,26H,5-19H2,1-4H3,(H,25,27)/t21-,23+/m0/s1. The van der Waals surface area contributed by atoms with Crippen molar-refractivity contribution in [2.75, 3.05) is 0 Å². The quantitative estimate of drug-likeness (QED) is 0.157. The lowest BCUT2D eigenvalue weighted by Gasteiger charge is -2.18. The Morgan fingerprint density at radius 1 is 0.793 bits per heavy atom. The van der Waals surface area contributed by atoms with Crippen molar-refractivity contribution in [3.63, 3.8) is 0 Å². The van der Waals surface area contributed by atoms with Crippen molar-refractivity contribution in [3.05, 3.63) is 0 Å². The van der Waals surface area contributed by atoms with Crippen molar-refractivity contribution in [3.8, 4) is 0 Å². The first-order valence-corrected chi connectivity index (χ1v) is 12.0. The molecule has 29 heavy (non-hydrogen) atoms. The molecule has 0 bridgehead atoms. The molecular formula is C24H47NO4. The van der Waals surface area contributed by atoms with Gasteiger partial charge in [0, 0.05) is 12.8 Å². The molecule has 0 aliphatic carbocycles. The lowest BCUT2D eigenvalue weighted by Crippen LogP contribution is -2.39. The number of amides is 1. The molecule has 0 aromatic heterocycles. The highest BCUT2D eigenvalue weighted by atomic mass is 16.6. The van der Waals surface area contributed by atoms with Gasteiger partial charge in [-0.15, -0.1) is 0 Å². The maximum Gasteiger partial charge on any atom is 0.336 e. The SMILES string of the molecule is CC[C@H](NC(=O)CCCCCCCCCCCCCCC(C)C)OC(=O)[C@H](C)O. The molecule has 0 unspecified atom stereocenters. The smallest absolute Gasteiger partial charge is 0.336 e. The second-order valence-corrected chi connectivity index (χ2v) is 8.75. The van der Waals surface area contributed by atoms with Crippen LogP contribution in [0.15, 0.2) is 0 Å². The lowest BCUT2D eigenvalue weighted by molar-refractivity contribution is -0.161. The van der Waals surface area contributed by atoms with Crippen molar-refractivity contribution in [1.82, 2.24) is 5.32 Å². The third-order valence-electron chi connectivity index (χ3n) is 5.23. The van der Waals surface area contributed by atoms with Gasteiger partial charge in [0.2, 0.25) is 5.91 Å². The van der Waals surface area contributed by atoms with Crippen molar-refractivity contribution >= 4 is 11.9 Å². The minimum Gasteiger partial charge on any atom is -0.440 e. The van der Waals surface area contributed by atoms with E-state index < -0.39 is 18.3 Å². The van der Waals surface area contributed by atoms with Gasteiger partial charge < -0.3 is 15.2 Å². The molecule has 5 nitrogen and oxygen atoms in total. The maximum atomic E-state index is 11.9. The van der Waals surface area contributed by atoms with Crippen molar-refractivity contribution in [2.24, 2.45) is 5.92 Å². The molecule has 0 aliphatic rings. The third-order valence-corrected chi connectivity index (χ3v) is 5.23. The summed E-state index contributed by atoms with van der Waals surface area (Å²) in [5.41, 5.74) is 0. The van der Waals surface area contributed by atoms with E-state index >= 15 is 0 Å².